The number of carbonyl (C=O) groups excluding carboxylic acids is 3. The second-order valence-corrected chi connectivity index (χ2v) is 8.68. The first-order valence-corrected chi connectivity index (χ1v) is 10.4. The van der Waals surface area contributed by atoms with Crippen molar-refractivity contribution in [1.29, 1.82) is 0 Å². The molecule has 2 aromatic rings. The number of aromatic nitrogens is 1. The van der Waals surface area contributed by atoms with Gasteiger partial charge < -0.3 is 15.5 Å². The van der Waals surface area contributed by atoms with Crippen LogP contribution in [0, 0.1) is 19.8 Å². The van der Waals surface area contributed by atoms with Gasteiger partial charge in [0, 0.05) is 24.8 Å². The molecule has 8 heteroatoms. The topological polar surface area (TPSA) is 103 Å². The normalized spacial score (nSPS) is 21.0. The van der Waals surface area contributed by atoms with Crippen molar-refractivity contribution in [2.24, 2.45) is 5.92 Å². The maximum Gasteiger partial charge on any atom is 0.322 e. The zero-order valence-electron chi connectivity index (χ0n) is 18.2. The highest BCUT2D eigenvalue weighted by Gasteiger charge is 2.50. The second-order valence-electron chi connectivity index (χ2n) is 8.68. The van der Waals surface area contributed by atoms with Crippen molar-refractivity contribution in [3.8, 4) is 0 Å². The number of urea groups is 1. The molecule has 4 amide bonds. The van der Waals surface area contributed by atoms with E-state index in [1.807, 2.05) is 33.9 Å². The van der Waals surface area contributed by atoms with Crippen LogP contribution in [0.25, 0.3) is 0 Å². The van der Waals surface area contributed by atoms with E-state index in [1.165, 1.54) is 0 Å². The third-order valence-electron chi connectivity index (χ3n) is 6.07. The molecule has 0 bridgehead atoms. The fourth-order valence-corrected chi connectivity index (χ4v) is 4.27. The van der Waals surface area contributed by atoms with E-state index in [2.05, 4.69) is 27.0 Å². The Kier molecular flexibility index (Phi) is 5.16. The van der Waals surface area contributed by atoms with Crippen molar-refractivity contribution >= 4 is 23.7 Å². The number of rotatable bonds is 5. The quantitative estimate of drug-likeness (QED) is 0.643. The minimum Gasteiger partial charge on any atom is -0.364 e. The van der Waals surface area contributed by atoms with E-state index in [1.54, 1.807) is 29.2 Å². The molecule has 4 rings (SSSR count). The van der Waals surface area contributed by atoms with Crippen molar-refractivity contribution in [1.82, 2.24) is 20.5 Å². The lowest BCUT2D eigenvalue weighted by Crippen LogP contribution is -2.57. The van der Waals surface area contributed by atoms with Gasteiger partial charge in [-0.25, -0.2) is 9.78 Å². The number of aryl methyl sites for hydroxylation is 2. The molecule has 2 aliphatic heterocycles. The Labute approximate surface area is 181 Å². The van der Waals surface area contributed by atoms with Crippen molar-refractivity contribution in [2.45, 2.75) is 39.3 Å². The van der Waals surface area contributed by atoms with Gasteiger partial charge in [-0.05, 0) is 48.6 Å². The number of anilines is 1. The lowest BCUT2D eigenvalue weighted by atomic mass is 9.79. The molecule has 1 atom stereocenters. The zero-order chi connectivity index (χ0) is 22.3. The summed E-state index contributed by atoms with van der Waals surface area (Å²) in [5.41, 5.74) is 2.29. The molecule has 31 heavy (non-hydrogen) atoms. The van der Waals surface area contributed by atoms with Crippen molar-refractivity contribution in [2.75, 3.05) is 18.4 Å². The Balaban J connectivity index is 1.41. The summed E-state index contributed by atoms with van der Waals surface area (Å²) in [7, 11) is 0. The maximum atomic E-state index is 12.8. The summed E-state index contributed by atoms with van der Waals surface area (Å²) in [6.07, 6.45) is 1.83. The predicted molar refractivity (Wildman–Crippen MR) is 117 cm³/mol. The largest absolute Gasteiger partial charge is 0.364 e. The summed E-state index contributed by atoms with van der Waals surface area (Å²) in [5, 5.41) is 8.46. The molecule has 1 aromatic carbocycles. The maximum absolute atomic E-state index is 12.8. The summed E-state index contributed by atoms with van der Waals surface area (Å²) >= 11 is 0. The number of amides is 4. The number of carbonyl (C=O) groups is 3. The van der Waals surface area contributed by atoms with Gasteiger partial charge in [0.05, 0.1) is 6.04 Å². The molecule has 1 aromatic heterocycles. The van der Waals surface area contributed by atoms with Crippen molar-refractivity contribution in [3.05, 3.63) is 58.8 Å². The molecule has 2 aliphatic rings. The van der Waals surface area contributed by atoms with Crippen molar-refractivity contribution in [3.63, 3.8) is 0 Å². The van der Waals surface area contributed by atoms with Gasteiger partial charge in [0.15, 0.2) is 0 Å². The van der Waals surface area contributed by atoms with Crippen LogP contribution in [0.1, 0.15) is 40.9 Å². The average molecular weight is 422 g/mol. The Morgan fingerprint density at radius 2 is 1.87 bits per heavy atom. The molecular formula is C23H27N5O3. The molecular weight excluding hydrogens is 394 g/mol. The molecule has 0 saturated carbocycles. The molecule has 0 unspecified atom stereocenters. The lowest BCUT2D eigenvalue weighted by molar-refractivity contribution is -0.125. The fraction of sp³-hybridized carbons (Fsp3) is 0.391. The third kappa shape index (κ3) is 3.62. The van der Waals surface area contributed by atoms with Gasteiger partial charge >= 0.3 is 6.03 Å². The molecule has 2 fully saturated rings. The highest BCUT2D eigenvalue weighted by atomic mass is 16.2. The third-order valence-corrected chi connectivity index (χ3v) is 6.07. The molecule has 2 saturated heterocycles. The minimum absolute atomic E-state index is 0.0586. The molecule has 3 N–H and O–H groups in total. The van der Waals surface area contributed by atoms with Crippen LogP contribution in [0.4, 0.5) is 10.6 Å². The van der Waals surface area contributed by atoms with Crippen LogP contribution in [0.3, 0.4) is 0 Å². The standard InChI is InChI=1S/C23H27N5O3/c1-13(2)23(21(30)26-22(31)27-23)17-7-5-16(6-8-17)20(29)28-11-18(12-28)25-19-15(4)9-14(3)10-24-19/h5-10,13,18H,11-12H2,1-4H3,(H,24,25)(H2,26,27,30,31)/t23-/m1/s1. The van der Waals surface area contributed by atoms with Crippen LogP contribution < -0.4 is 16.0 Å². The molecule has 0 aliphatic carbocycles. The van der Waals surface area contributed by atoms with Crippen LogP contribution in [-0.2, 0) is 10.3 Å². The number of nitrogens with one attached hydrogen (secondary N) is 3. The smallest absolute Gasteiger partial charge is 0.322 e. The molecule has 0 radical (unpaired) electrons. The first-order chi connectivity index (χ1) is 14.7. The van der Waals surface area contributed by atoms with Crippen LogP contribution in [0.15, 0.2) is 36.5 Å². The van der Waals surface area contributed by atoms with Gasteiger partial charge in [0.25, 0.3) is 11.8 Å². The number of pyridine rings is 1. The van der Waals surface area contributed by atoms with E-state index >= 15 is 0 Å². The first kappa shape index (κ1) is 20.8. The van der Waals surface area contributed by atoms with E-state index < -0.39 is 11.6 Å². The lowest BCUT2D eigenvalue weighted by Gasteiger charge is -2.40. The fourth-order valence-electron chi connectivity index (χ4n) is 4.27. The Morgan fingerprint density at radius 1 is 1.19 bits per heavy atom. The number of nitrogens with zero attached hydrogens (tertiary/aromatic N) is 2. The van der Waals surface area contributed by atoms with Gasteiger partial charge in [-0.15, -0.1) is 0 Å². The number of imide groups is 1. The number of hydrogen-bond donors (Lipinski definition) is 3. The predicted octanol–water partition coefficient (Wildman–Crippen LogP) is 2.33. The molecule has 0 spiro atoms. The van der Waals surface area contributed by atoms with Gasteiger partial charge in [0.1, 0.15) is 11.4 Å². The number of benzene rings is 1. The molecule has 162 valence electrons. The van der Waals surface area contributed by atoms with Gasteiger partial charge in [-0.1, -0.05) is 32.0 Å². The van der Waals surface area contributed by atoms with Crippen molar-refractivity contribution < 1.29 is 14.4 Å². The van der Waals surface area contributed by atoms with E-state index in [0.29, 0.717) is 24.2 Å². The summed E-state index contributed by atoms with van der Waals surface area (Å²) in [6, 6.07) is 8.66. The summed E-state index contributed by atoms with van der Waals surface area (Å²) in [4.78, 5) is 43.3. The Hall–Kier alpha value is -3.42. The van der Waals surface area contributed by atoms with Crippen LogP contribution in [0.2, 0.25) is 0 Å². The van der Waals surface area contributed by atoms with E-state index in [-0.39, 0.29) is 23.8 Å². The van der Waals surface area contributed by atoms with Crippen LogP contribution in [0.5, 0.6) is 0 Å². The highest BCUT2D eigenvalue weighted by Crippen LogP contribution is 2.33. The number of hydrogen-bond acceptors (Lipinski definition) is 5. The van der Waals surface area contributed by atoms with Gasteiger partial charge in [-0.2, -0.15) is 0 Å². The average Bonchev–Trinajstić information content (AvgIpc) is 3.00. The first-order valence-electron chi connectivity index (χ1n) is 10.4. The Morgan fingerprint density at radius 3 is 2.42 bits per heavy atom. The summed E-state index contributed by atoms with van der Waals surface area (Å²) < 4.78 is 0. The van der Waals surface area contributed by atoms with E-state index in [4.69, 9.17) is 0 Å². The molecule has 8 nitrogen and oxygen atoms in total. The summed E-state index contributed by atoms with van der Waals surface area (Å²) in [5.74, 6) is 0.268. The SMILES string of the molecule is Cc1cnc(NC2CN(C(=O)c3ccc([C@@]4(C(C)C)NC(=O)NC4=O)cc3)C2)c(C)c1. The second kappa shape index (κ2) is 7.68. The minimum atomic E-state index is -1.12. The monoisotopic (exact) mass is 421 g/mol. The Bertz CT molecular complexity index is 1040. The van der Waals surface area contributed by atoms with E-state index in [9.17, 15) is 14.4 Å². The van der Waals surface area contributed by atoms with Gasteiger partial charge in [-0.3, -0.25) is 14.9 Å². The van der Waals surface area contributed by atoms with Gasteiger partial charge in [0.2, 0.25) is 0 Å². The van der Waals surface area contributed by atoms with Crippen LogP contribution >= 0.6 is 0 Å². The van der Waals surface area contributed by atoms with E-state index in [0.717, 1.165) is 16.9 Å². The number of likely N-dealkylation sites (tertiary alicyclic amines) is 1. The zero-order valence-corrected chi connectivity index (χ0v) is 18.2. The van der Waals surface area contributed by atoms with Crippen LogP contribution in [-0.4, -0.2) is 46.9 Å². The highest BCUT2D eigenvalue weighted by molar-refractivity contribution is 6.07. The summed E-state index contributed by atoms with van der Waals surface area (Å²) in [6.45, 7) is 8.98. The molecule has 3 heterocycles.